The second-order valence-corrected chi connectivity index (χ2v) is 9.92. The Bertz CT molecular complexity index is 963. The van der Waals surface area contributed by atoms with Crippen LogP contribution in [-0.4, -0.2) is 40.0 Å². The number of carbonyl (C=O) groups excluding carboxylic acids is 1. The number of hydrogen-bond acceptors (Lipinski definition) is 6. The molecule has 2 aromatic heterocycles. The number of carboxylic acids is 1. The molecule has 0 amide bonds. The average molecular weight is 435 g/mol. The molecule has 2 aromatic rings. The summed E-state index contributed by atoms with van der Waals surface area (Å²) in [5.74, 6) is -1.02. The van der Waals surface area contributed by atoms with E-state index in [4.69, 9.17) is 4.74 Å². The smallest absolute Gasteiger partial charge is 0.341 e. The van der Waals surface area contributed by atoms with E-state index in [1.54, 1.807) is 11.3 Å². The van der Waals surface area contributed by atoms with Crippen LogP contribution < -0.4 is 5.32 Å². The summed E-state index contributed by atoms with van der Waals surface area (Å²) in [5.41, 5.74) is 5.04. The van der Waals surface area contributed by atoms with Crippen LogP contribution in [-0.2, 0) is 22.4 Å². The molecular weight excluding hydrogens is 408 g/mol. The van der Waals surface area contributed by atoms with Crippen LogP contribution in [0.5, 0.6) is 0 Å². The van der Waals surface area contributed by atoms with Gasteiger partial charge in [0.15, 0.2) is 0 Å². The third-order valence-corrected chi connectivity index (χ3v) is 8.32. The van der Waals surface area contributed by atoms with E-state index >= 15 is 0 Å². The van der Waals surface area contributed by atoms with Crippen molar-refractivity contribution in [3.8, 4) is 5.00 Å². The lowest BCUT2D eigenvalue weighted by atomic mass is 9.95. The molecule has 0 saturated carbocycles. The highest BCUT2D eigenvalue weighted by Crippen LogP contribution is 2.42. The van der Waals surface area contributed by atoms with Gasteiger partial charge in [0.2, 0.25) is 0 Å². The molecule has 1 aliphatic carbocycles. The number of nitrogens with zero attached hydrogens (tertiary/aromatic N) is 1. The quantitative estimate of drug-likeness (QED) is 0.693. The van der Waals surface area contributed by atoms with Crippen molar-refractivity contribution in [2.24, 2.45) is 0 Å². The van der Waals surface area contributed by atoms with E-state index in [2.05, 4.69) is 16.0 Å². The van der Waals surface area contributed by atoms with Crippen LogP contribution in [0.3, 0.4) is 0 Å². The van der Waals surface area contributed by atoms with Gasteiger partial charge in [-0.3, -0.25) is 10.1 Å². The largest absolute Gasteiger partial charge is 0.480 e. The van der Waals surface area contributed by atoms with Crippen molar-refractivity contribution in [2.45, 2.75) is 57.1 Å². The Labute approximate surface area is 178 Å². The van der Waals surface area contributed by atoms with Gasteiger partial charge in [0.1, 0.15) is 10.3 Å². The van der Waals surface area contributed by atoms with E-state index in [1.165, 1.54) is 16.6 Å². The van der Waals surface area contributed by atoms with Crippen molar-refractivity contribution in [1.82, 2.24) is 9.88 Å². The standard InChI is InChI=1S/C21H26N2O4S2/c1-4-27-21(26)17-13-7-5-6-8-15(13)29-19(17)23-11(2)9-14(12(23)3)18-22-10-16(28-18)20(24)25/h9,16,18,22H,4-8,10H2,1-3H3,(H,24,25)/t16-,18-/m1/s1. The van der Waals surface area contributed by atoms with E-state index < -0.39 is 11.2 Å². The van der Waals surface area contributed by atoms with Gasteiger partial charge >= 0.3 is 11.9 Å². The summed E-state index contributed by atoms with van der Waals surface area (Å²) in [5, 5.41) is 13.1. The predicted octanol–water partition coefficient (Wildman–Crippen LogP) is 4.00. The maximum atomic E-state index is 12.9. The monoisotopic (exact) mass is 434 g/mol. The highest BCUT2D eigenvalue weighted by atomic mass is 32.2. The lowest BCUT2D eigenvalue weighted by Crippen LogP contribution is -2.21. The summed E-state index contributed by atoms with van der Waals surface area (Å²) in [4.78, 5) is 25.5. The summed E-state index contributed by atoms with van der Waals surface area (Å²) < 4.78 is 7.57. The third-order valence-electron chi connectivity index (χ3n) is 5.65. The lowest BCUT2D eigenvalue weighted by molar-refractivity contribution is -0.136. The summed E-state index contributed by atoms with van der Waals surface area (Å²) in [7, 11) is 0. The van der Waals surface area contributed by atoms with Crippen molar-refractivity contribution < 1.29 is 19.4 Å². The number of fused-ring (bicyclic) bond motifs is 1. The molecule has 6 nitrogen and oxygen atoms in total. The van der Waals surface area contributed by atoms with Crippen LogP contribution in [0.4, 0.5) is 0 Å². The number of thioether (sulfide) groups is 1. The van der Waals surface area contributed by atoms with Gasteiger partial charge in [-0.2, -0.15) is 0 Å². The number of aromatic nitrogens is 1. The summed E-state index contributed by atoms with van der Waals surface area (Å²) in [6.45, 7) is 6.74. The van der Waals surface area contributed by atoms with E-state index in [1.807, 2.05) is 20.8 Å². The minimum Gasteiger partial charge on any atom is -0.480 e. The van der Waals surface area contributed by atoms with Gasteiger partial charge in [-0.15, -0.1) is 23.1 Å². The summed E-state index contributed by atoms with van der Waals surface area (Å²) in [6.07, 6.45) is 4.19. The number of hydrogen-bond donors (Lipinski definition) is 2. The van der Waals surface area contributed by atoms with E-state index in [-0.39, 0.29) is 11.3 Å². The molecular formula is C21H26N2O4S2. The molecule has 2 aliphatic rings. The molecule has 0 radical (unpaired) electrons. The molecule has 156 valence electrons. The molecule has 0 spiro atoms. The normalized spacial score (nSPS) is 21.2. The molecule has 3 heterocycles. The number of carbonyl (C=O) groups is 2. The summed E-state index contributed by atoms with van der Waals surface area (Å²) in [6, 6.07) is 2.11. The Morgan fingerprint density at radius 3 is 2.76 bits per heavy atom. The van der Waals surface area contributed by atoms with Crippen molar-refractivity contribution in [3.63, 3.8) is 0 Å². The number of carboxylic acid groups (broad SMARTS) is 1. The van der Waals surface area contributed by atoms with Crippen molar-refractivity contribution >= 4 is 35.0 Å². The second-order valence-electron chi connectivity index (χ2n) is 7.52. The minimum atomic E-state index is -0.783. The maximum absolute atomic E-state index is 12.9. The van der Waals surface area contributed by atoms with Crippen LogP contribution in [0.2, 0.25) is 0 Å². The third kappa shape index (κ3) is 3.62. The first-order chi connectivity index (χ1) is 13.9. The van der Waals surface area contributed by atoms with Gasteiger partial charge in [0.05, 0.1) is 17.5 Å². The molecule has 0 aromatic carbocycles. The van der Waals surface area contributed by atoms with Gasteiger partial charge in [0, 0.05) is 28.4 Å². The Balaban J connectivity index is 1.78. The van der Waals surface area contributed by atoms with E-state index in [9.17, 15) is 14.7 Å². The minimum absolute atomic E-state index is 0.0586. The number of nitrogens with one attached hydrogen (secondary N) is 1. The first-order valence-corrected chi connectivity index (χ1v) is 11.8. The van der Waals surface area contributed by atoms with Gasteiger partial charge in [-0.25, -0.2) is 4.79 Å². The van der Waals surface area contributed by atoms with Gasteiger partial charge in [0.25, 0.3) is 0 Å². The van der Waals surface area contributed by atoms with Gasteiger partial charge in [-0.1, -0.05) is 0 Å². The topological polar surface area (TPSA) is 80.6 Å². The molecule has 0 unspecified atom stereocenters. The van der Waals surface area contributed by atoms with Gasteiger partial charge < -0.3 is 14.4 Å². The van der Waals surface area contributed by atoms with Crippen molar-refractivity contribution in [1.29, 1.82) is 0 Å². The number of esters is 1. The fourth-order valence-corrected chi connectivity index (χ4v) is 6.99. The van der Waals surface area contributed by atoms with E-state index in [0.29, 0.717) is 13.2 Å². The molecule has 1 saturated heterocycles. The Morgan fingerprint density at radius 2 is 2.07 bits per heavy atom. The van der Waals surface area contributed by atoms with Crippen LogP contribution in [0.25, 0.3) is 5.00 Å². The van der Waals surface area contributed by atoms with E-state index in [0.717, 1.165) is 58.8 Å². The first kappa shape index (κ1) is 20.5. The van der Waals surface area contributed by atoms with Crippen LogP contribution in [0.1, 0.15) is 62.9 Å². The van der Waals surface area contributed by atoms with Crippen LogP contribution in [0, 0.1) is 13.8 Å². The molecule has 29 heavy (non-hydrogen) atoms. The number of thiophene rings is 1. The molecule has 4 rings (SSSR count). The average Bonchev–Trinajstić information content (AvgIpc) is 3.37. The SMILES string of the molecule is CCOC(=O)c1c(-n2c(C)cc([C@@H]3NC[C@H](C(=O)O)S3)c2C)sc2c1CCCC2. The maximum Gasteiger partial charge on any atom is 0.341 e. The Kier molecular flexibility index (Phi) is 5.77. The van der Waals surface area contributed by atoms with Crippen molar-refractivity contribution in [3.05, 3.63) is 39.0 Å². The van der Waals surface area contributed by atoms with Crippen LogP contribution in [0.15, 0.2) is 6.07 Å². The van der Waals surface area contributed by atoms with Crippen LogP contribution >= 0.6 is 23.1 Å². The number of aliphatic carboxylic acids is 1. The Morgan fingerprint density at radius 1 is 1.31 bits per heavy atom. The fourth-order valence-electron chi connectivity index (χ4n) is 4.29. The van der Waals surface area contributed by atoms with Gasteiger partial charge in [-0.05, 0) is 58.1 Å². The molecule has 2 N–H and O–H groups in total. The molecule has 1 fully saturated rings. The number of rotatable bonds is 5. The number of ether oxygens (including phenoxy) is 1. The predicted molar refractivity (Wildman–Crippen MR) is 115 cm³/mol. The molecule has 8 heteroatoms. The highest BCUT2D eigenvalue weighted by Gasteiger charge is 2.34. The second kappa shape index (κ2) is 8.16. The Hall–Kier alpha value is -1.77. The first-order valence-electron chi connectivity index (χ1n) is 10.0. The molecule has 0 bridgehead atoms. The molecule has 1 aliphatic heterocycles. The highest BCUT2D eigenvalue weighted by molar-refractivity contribution is 8.01. The zero-order chi connectivity index (χ0) is 20.7. The lowest BCUT2D eigenvalue weighted by Gasteiger charge is -2.14. The summed E-state index contributed by atoms with van der Waals surface area (Å²) >= 11 is 3.14. The fraction of sp³-hybridized carbons (Fsp3) is 0.524. The zero-order valence-corrected chi connectivity index (χ0v) is 18.5. The number of aryl methyl sites for hydroxylation is 2. The molecule has 2 atom stereocenters. The zero-order valence-electron chi connectivity index (χ0n) is 16.9. The van der Waals surface area contributed by atoms with Crippen molar-refractivity contribution in [2.75, 3.05) is 13.2 Å².